The van der Waals surface area contributed by atoms with Crippen molar-refractivity contribution in [1.29, 1.82) is 0 Å². The third-order valence-electron chi connectivity index (χ3n) is 1.39. The largest absolute Gasteiger partial charge is 0.359 e. The number of hydrogen-bond donors (Lipinski definition) is 2. The summed E-state index contributed by atoms with van der Waals surface area (Å²) in [5.41, 5.74) is 5.28. The maximum absolute atomic E-state index is 10.6. The lowest BCUT2D eigenvalue weighted by atomic mass is 10.2. The van der Waals surface area contributed by atoms with E-state index in [0.29, 0.717) is 6.42 Å². The van der Waals surface area contributed by atoms with Crippen LogP contribution < -0.4 is 11.1 Å². The zero-order valence-corrected chi connectivity index (χ0v) is 6.52. The van der Waals surface area contributed by atoms with Crippen LogP contribution in [0.5, 0.6) is 0 Å². The summed E-state index contributed by atoms with van der Waals surface area (Å²) in [6.45, 7) is 0.730. The Kier molecular flexibility index (Phi) is 6.18. The Balaban J connectivity index is 2.96. The summed E-state index contributed by atoms with van der Waals surface area (Å²) < 4.78 is 0. The van der Waals surface area contributed by atoms with Crippen molar-refractivity contribution in [3.05, 3.63) is 0 Å². The van der Waals surface area contributed by atoms with Crippen LogP contribution in [0.2, 0.25) is 0 Å². The van der Waals surface area contributed by atoms with Crippen molar-refractivity contribution in [2.75, 3.05) is 13.6 Å². The minimum Gasteiger partial charge on any atom is -0.359 e. The van der Waals surface area contributed by atoms with Crippen LogP contribution in [0.3, 0.4) is 0 Å². The fourth-order valence-electron chi connectivity index (χ4n) is 0.732. The smallest absolute Gasteiger partial charge is 0.219 e. The van der Waals surface area contributed by atoms with Crippen LogP contribution in [0.15, 0.2) is 0 Å². The predicted molar refractivity (Wildman–Crippen MR) is 41.6 cm³/mol. The number of carbonyl (C=O) groups excluding carboxylic acids is 1. The van der Waals surface area contributed by atoms with Crippen LogP contribution in [0.4, 0.5) is 0 Å². The van der Waals surface area contributed by atoms with Crippen molar-refractivity contribution in [2.45, 2.75) is 25.7 Å². The molecule has 0 rings (SSSR count). The van der Waals surface area contributed by atoms with E-state index in [2.05, 4.69) is 5.32 Å². The Morgan fingerprint density at radius 3 is 2.60 bits per heavy atom. The van der Waals surface area contributed by atoms with Crippen molar-refractivity contribution in [2.24, 2.45) is 5.73 Å². The van der Waals surface area contributed by atoms with E-state index in [4.69, 9.17) is 5.73 Å². The number of carbonyl (C=O) groups is 1. The quantitative estimate of drug-likeness (QED) is 0.543. The van der Waals surface area contributed by atoms with Gasteiger partial charge in [0.15, 0.2) is 0 Å². The molecule has 0 radical (unpaired) electrons. The van der Waals surface area contributed by atoms with Gasteiger partial charge < -0.3 is 11.1 Å². The molecular formula is C7H16N2O. The van der Waals surface area contributed by atoms with E-state index < -0.39 is 0 Å². The van der Waals surface area contributed by atoms with Crippen molar-refractivity contribution < 1.29 is 4.79 Å². The molecule has 0 unspecified atom stereocenters. The zero-order valence-electron chi connectivity index (χ0n) is 6.52. The normalized spacial score (nSPS) is 9.40. The van der Waals surface area contributed by atoms with Crippen molar-refractivity contribution in [3.63, 3.8) is 0 Å². The van der Waals surface area contributed by atoms with Gasteiger partial charge in [0, 0.05) is 13.5 Å². The second-order valence-electron chi connectivity index (χ2n) is 2.27. The number of amides is 1. The minimum atomic E-state index is 0.122. The molecule has 0 spiro atoms. The van der Waals surface area contributed by atoms with E-state index in [1.54, 1.807) is 7.05 Å². The molecule has 60 valence electrons. The van der Waals surface area contributed by atoms with Gasteiger partial charge in [0.1, 0.15) is 0 Å². The predicted octanol–water partition coefficient (Wildman–Crippen LogP) is 0.251. The maximum Gasteiger partial charge on any atom is 0.219 e. The summed E-state index contributed by atoms with van der Waals surface area (Å²) in [6, 6.07) is 0. The topological polar surface area (TPSA) is 55.1 Å². The van der Waals surface area contributed by atoms with Crippen molar-refractivity contribution >= 4 is 5.91 Å². The van der Waals surface area contributed by atoms with Gasteiger partial charge in [-0.15, -0.1) is 0 Å². The molecule has 0 heterocycles. The van der Waals surface area contributed by atoms with Gasteiger partial charge in [-0.3, -0.25) is 4.79 Å². The van der Waals surface area contributed by atoms with Gasteiger partial charge in [0.05, 0.1) is 0 Å². The number of rotatable bonds is 5. The monoisotopic (exact) mass is 144 g/mol. The highest BCUT2D eigenvalue weighted by Gasteiger charge is 1.95. The maximum atomic E-state index is 10.6. The van der Waals surface area contributed by atoms with Gasteiger partial charge in [-0.25, -0.2) is 0 Å². The Hall–Kier alpha value is -0.570. The van der Waals surface area contributed by atoms with Crippen LogP contribution >= 0.6 is 0 Å². The molecule has 1 amide bonds. The van der Waals surface area contributed by atoms with Crippen LogP contribution in [0.25, 0.3) is 0 Å². The summed E-state index contributed by atoms with van der Waals surface area (Å²) in [5.74, 6) is 0.122. The Morgan fingerprint density at radius 1 is 1.40 bits per heavy atom. The second-order valence-corrected chi connectivity index (χ2v) is 2.27. The third kappa shape index (κ3) is 5.56. The summed E-state index contributed by atoms with van der Waals surface area (Å²) in [7, 11) is 1.66. The highest BCUT2D eigenvalue weighted by Crippen LogP contribution is 1.97. The molecule has 0 aliphatic heterocycles. The molecule has 0 saturated carbocycles. The van der Waals surface area contributed by atoms with Gasteiger partial charge in [0.2, 0.25) is 5.91 Å². The number of nitrogens with one attached hydrogen (secondary N) is 1. The molecule has 10 heavy (non-hydrogen) atoms. The van der Waals surface area contributed by atoms with Crippen LogP contribution in [0.1, 0.15) is 25.7 Å². The lowest BCUT2D eigenvalue weighted by Crippen LogP contribution is -2.16. The Labute approximate surface area is 62.0 Å². The van der Waals surface area contributed by atoms with E-state index >= 15 is 0 Å². The average Bonchev–Trinajstić information content (AvgIpc) is 1.98. The fourth-order valence-corrected chi connectivity index (χ4v) is 0.732. The van der Waals surface area contributed by atoms with E-state index in [1.165, 1.54) is 0 Å². The third-order valence-corrected chi connectivity index (χ3v) is 1.39. The summed E-state index contributed by atoms with van der Waals surface area (Å²) in [6.07, 6.45) is 3.67. The highest BCUT2D eigenvalue weighted by molar-refractivity contribution is 5.75. The molecule has 0 aromatic carbocycles. The average molecular weight is 144 g/mol. The summed E-state index contributed by atoms with van der Waals surface area (Å²) >= 11 is 0. The number of nitrogens with two attached hydrogens (primary N) is 1. The standard InChI is InChI=1S/C7H16N2O/c1-9-7(10)5-3-2-4-6-8/h2-6,8H2,1H3,(H,9,10). The molecule has 0 aliphatic carbocycles. The Morgan fingerprint density at radius 2 is 2.10 bits per heavy atom. The van der Waals surface area contributed by atoms with E-state index in [-0.39, 0.29) is 5.91 Å². The van der Waals surface area contributed by atoms with E-state index in [0.717, 1.165) is 25.8 Å². The van der Waals surface area contributed by atoms with Crippen LogP contribution in [0, 0.1) is 0 Å². The molecule has 3 N–H and O–H groups in total. The molecule has 0 aromatic rings. The molecule has 0 aliphatic rings. The molecule has 0 saturated heterocycles. The van der Waals surface area contributed by atoms with Crippen LogP contribution in [-0.4, -0.2) is 19.5 Å². The number of unbranched alkanes of at least 4 members (excludes halogenated alkanes) is 2. The van der Waals surface area contributed by atoms with Gasteiger partial charge in [0.25, 0.3) is 0 Å². The molecule has 0 aromatic heterocycles. The highest BCUT2D eigenvalue weighted by atomic mass is 16.1. The SMILES string of the molecule is CNC(=O)CCCCCN. The lowest BCUT2D eigenvalue weighted by molar-refractivity contribution is -0.120. The molecule has 3 heteroatoms. The minimum absolute atomic E-state index is 0.122. The summed E-state index contributed by atoms with van der Waals surface area (Å²) in [4.78, 5) is 10.6. The fraction of sp³-hybridized carbons (Fsp3) is 0.857. The van der Waals surface area contributed by atoms with Crippen molar-refractivity contribution in [3.8, 4) is 0 Å². The first-order valence-electron chi connectivity index (χ1n) is 3.72. The lowest BCUT2D eigenvalue weighted by Gasteiger charge is -1.97. The summed E-state index contributed by atoms with van der Waals surface area (Å²) in [5, 5.41) is 2.57. The van der Waals surface area contributed by atoms with Gasteiger partial charge in [-0.2, -0.15) is 0 Å². The second kappa shape index (κ2) is 6.55. The van der Waals surface area contributed by atoms with E-state index in [9.17, 15) is 4.79 Å². The molecule has 3 nitrogen and oxygen atoms in total. The molecule has 0 atom stereocenters. The zero-order chi connectivity index (χ0) is 7.82. The van der Waals surface area contributed by atoms with Crippen molar-refractivity contribution in [1.82, 2.24) is 5.32 Å². The van der Waals surface area contributed by atoms with Crippen LogP contribution in [-0.2, 0) is 4.79 Å². The first kappa shape index (κ1) is 9.43. The molecule has 0 fully saturated rings. The van der Waals surface area contributed by atoms with Gasteiger partial charge in [-0.05, 0) is 19.4 Å². The van der Waals surface area contributed by atoms with E-state index in [1.807, 2.05) is 0 Å². The number of hydrogen-bond acceptors (Lipinski definition) is 2. The molecular weight excluding hydrogens is 128 g/mol. The van der Waals surface area contributed by atoms with Gasteiger partial charge >= 0.3 is 0 Å². The van der Waals surface area contributed by atoms with Gasteiger partial charge in [-0.1, -0.05) is 6.42 Å². The Bertz CT molecular complexity index is 93.6. The first-order chi connectivity index (χ1) is 4.81. The molecule has 0 bridgehead atoms. The first-order valence-corrected chi connectivity index (χ1v) is 3.72.